The van der Waals surface area contributed by atoms with Crippen LogP contribution in [0.15, 0.2) is 9.32 Å². The summed E-state index contributed by atoms with van der Waals surface area (Å²) in [5, 5.41) is 3.75. The first kappa shape index (κ1) is 20.6. The van der Waals surface area contributed by atoms with E-state index in [0.717, 1.165) is 0 Å². The van der Waals surface area contributed by atoms with E-state index in [2.05, 4.69) is 15.1 Å². The highest BCUT2D eigenvalue weighted by Crippen LogP contribution is 2.39. The molecule has 13 heteroatoms. The minimum atomic E-state index is -4.73. The Bertz CT molecular complexity index is 991. The summed E-state index contributed by atoms with van der Waals surface area (Å²) >= 11 is 0. The molecule has 9 nitrogen and oxygen atoms in total. The van der Waals surface area contributed by atoms with E-state index in [0.29, 0.717) is 17.1 Å². The van der Waals surface area contributed by atoms with E-state index in [1.807, 2.05) is 0 Å². The Kier molecular flexibility index (Phi) is 5.16. The Balaban J connectivity index is 1.83. The molecule has 4 rings (SSSR count). The van der Waals surface area contributed by atoms with Gasteiger partial charge in [-0.25, -0.2) is 0 Å². The minimum Gasteiger partial charge on any atom is -0.377 e. The molecule has 2 aliphatic rings. The molecule has 0 unspecified atom stereocenters. The minimum absolute atomic E-state index is 0.0297. The fraction of sp³-hybridized carbons (Fsp3) is 0.647. The topological polar surface area (TPSA) is 89.5 Å². The third kappa shape index (κ3) is 3.61. The lowest BCUT2D eigenvalue weighted by molar-refractivity contribution is -0.171. The fourth-order valence-corrected chi connectivity index (χ4v) is 3.77. The van der Waals surface area contributed by atoms with Gasteiger partial charge in [0.05, 0.1) is 25.8 Å². The molecule has 1 saturated heterocycles. The number of anilines is 2. The Labute approximate surface area is 168 Å². The molecule has 1 fully saturated rings. The normalized spacial score (nSPS) is 22.3. The van der Waals surface area contributed by atoms with Crippen LogP contribution >= 0.6 is 0 Å². The quantitative estimate of drug-likeness (QED) is 0.679. The van der Waals surface area contributed by atoms with Gasteiger partial charge in [-0.1, -0.05) is 5.16 Å². The zero-order valence-corrected chi connectivity index (χ0v) is 16.3. The fourth-order valence-electron chi connectivity index (χ4n) is 3.77. The van der Waals surface area contributed by atoms with E-state index in [1.165, 1.54) is 9.80 Å². The van der Waals surface area contributed by atoms with E-state index in [9.17, 15) is 22.4 Å². The Morgan fingerprint density at radius 2 is 2.00 bits per heavy atom. The monoisotopic (exact) mass is 432 g/mol. The van der Waals surface area contributed by atoms with Crippen molar-refractivity contribution >= 4 is 11.8 Å². The largest absolute Gasteiger partial charge is 0.409 e. The maximum atomic E-state index is 15.0. The maximum Gasteiger partial charge on any atom is 0.409 e. The van der Waals surface area contributed by atoms with E-state index >= 15 is 0 Å². The van der Waals surface area contributed by atoms with Crippen LogP contribution in [0.3, 0.4) is 0 Å². The highest BCUT2D eigenvalue weighted by atomic mass is 19.4. The summed E-state index contributed by atoms with van der Waals surface area (Å²) in [6, 6.07) is -2.46. The van der Waals surface area contributed by atoms with Crippen LogP contribution < -0.4 is 15.4 Å². The smallest absolute Gasteiger partial charge is 0.377 e. The molecule has 2 aliphatic heterocycles. The number of hydrogen-bond donors (Lipinski definition) is 0. The van der Waals surface area contributed by atoms with Crippen LogP contribution in [-0.4, -0.2) is 58.2 Å². The highest BCUT2D eigenvalue weighted by molar-refractivity contribution is 5.48. The summed E-state index contributed by atoms with van der Waals surface area (Å²) in [5.41, 5.74) is -1.36. The van der Waals surface area contributed by atoms with Crippen molar-refractivity contribution in [2.24, 2.45) is 0 Å². The number of morpholine rings is 1. The van der Waals surface area contributed by atoms with Crippen molar-refractivity contribution in [1.82, 2.24) is 19.7 Å². The number of hydrogen-bond acceptors (Lipinski definition) is 8. The molecule has 0 saturated carbocycles. The predicted octanol–water partition coefficient (Wildman–Crippen LogP) is 1.81. The summed E-state index contributed by atoms with van der Waals surface area (Å²) in [6.45, 7) is 4.09. The van der Waals surface area contributed by atoms with E-state index in [-0.39, 0.29) is 49.9 Å². The summed E-state index contributed by atoms with van der Waals surface area (Å²) in [6.07, 6.45) is -5.16. The molecule has 2 aromatic rings. The lowest BCUT2D eigenvalue weighted by Crippen LogP contribution is -2.49. The molecule has 30 heavy (non-hydrogen) atoms. The first-order chi connectivity index (χ1) is 14.2. The number of rotatable bonds is 3. The molecular weight excluding hydrogens is 412 g/mol. The number of fused-ring (bicyclic) bond motifs is 1. The molecule has 0 bridgehead atoms. The zero-order chi connectivity index (χ0) is 21.6. The third-order valence-electron chi connectivity index (χ3n) is 5.21. The van der Waals surface area contributed by atoms with E-state index < -0.39 is 30.0 Å². The first-order valence-electron chi connectivity index (χ1n) is 9.44. The SMILES string of the molecule is Cc1nc(CN2CC[C@H](C(F)(F)F)n3c2nc(N2CCOC[C@H]2C)c(F)c3=O)no1. The Morgan fingerprint density at radius 1 is 1.23 bits per heavy atom. The van der Waals surface area contributed by atoms with Crippen molar-refractivity contribution in [3.05, 3.63) is 27.9 Å². The number of aromatic nitrogens is 4. The second-order valence-electron chi connectivity index (χ2n) is 7.34. The summed E-state index contributed by atoms with van der Waals surface area (Å²) < 4.78 is 66.4. The van der Waals surface area contributed by atoms with Crippen LogP contribution in [0.1, 0.15) is 31.1 Å². The first-order valence-corrected chi connectivity index (χ1v) is 9.44. The number of alkyl halides is 3. The summed E-state index contributed by atoms with van der Waals surface area (Å²) in [4.78, 5) is 24.0. The molecule has 0 aliphatic carbocycles. The standard InChI is InChI=1S/C17H20F4N6O3/c1-9-8-29-6-5-26(9)14-13(18)15(28)27-11(17(19,20)21)3-4-25(16(27)23-14)7-12-22-10(2)30-24-12/h9,11H,3-8H2,1-2H3/t9-,11-/m1/s1. The molecule has 164 valence electrons. The van der Waals surface area contributed by atoms with Crippen LogP contribution in [0.2, 0.25) is 0 Å². The lowest BCUT2D eigenvalue weighted by atomic mass is 10.1. The molecule has 2 atom stereocenters. The van der Waals surface area contributed by atoms with Crippen molar-refractivity contribution in [2.75, 3.05) is 36.1 Å². The summed E-state index contributed by atoms with van der Waals surface area (Å²) in [7, 11) is 0. The molecular formula is C17H20F4N6O3. The van der Waals surface area contributed by atoms with E-state index in [4.69, 9.17) is 9.26 Å². The van der Waals surface area contributed by atoms with Crippen LogP contribution in [0, 0.1) is 12.7 Å². The van der Waals surface area contributed by atoms with Gasteiger partial charge in [-0.3, -0.25) is 9.36 Å². The molecule has 0 spiro atoms. The van der Waals surface area contributed by atoms with Gasteiger partial charge in [0.2, 0.25) is 17.7 Å². The molecule has 0 aromatic carbocycles. The van der Waals surface area contributed by atoms with Gasteiger partial charge >= 0.3 is 6.18 Å². The summed E-state index contributed by atoms with van der Waals surface area (Å²) in [5.74, 6) is -1.34. The second kappa shape index (κ2) is 7.52. The highest BCUT2D eigenvalue weighted by Gasteiger charge is 2.46. The number of halogens is 4. The van der Waals surface area contributed by atoms with Gasteiger partial charge in [0.1, 0.15) is 6.04 Å². The molecule has 2 aromatic heterocycles. The molecule has 0 N–H and O–H groups in total. The zero-order valence-electron chi connectivity index (χ0n) is 16.3. The molecule has 4 heterocycles. The van der Waals surface area contributed by atoms with Gasteiger partial charge in [-0.15, -0.1) is 0 Å². The van der Waals surface area contributed by atoms with Gasteiger partial charge in [0.15, 0.2) is 11.6 Å². The van der Waals surface area contributed by atoms with Gasteiger partial charge in [-0.05, 0) is 13.3 Å². The van der Waals surface area contributed by atoms with E-state index in [1.54, 1.807) is 13.8 Å². The molecule has 0 amide bonds. The van der Waals surface area contributed by atoms with Gasteiger partial charge in [0.25, 0.3) is 5.56 Å². The number of aryl methyl sites for hydroxylation is 1. The lowest BCUT2D eigenvalue weighted by Gasteiger charge is -2.38. The third-order valence-corrected chi connectivity index (χ3v) is 5.21. The van der Waals surface area contributed by atoms with Crippen LogP contribution in [-0.2, 0) is 11.3 Å². The van der Waals surface area contributed by atoms with Crippen LogP contribution in [0.5, 0.6) is 0 Å². The maximum absolute atomic E-state index is 15.0. The van der Waals surface area contributed by atoms with Crippen LogP contribution in [0.25, 0.3) is 0 Å². The predicted molar refractivity (Wildman–Crippen MR) is 95.9 cm³/mol. The van der Waals surface area contributed by atoms with Crippen molar-refractivity contribution in [1.29, 1.82) is 0 Å². The van der Waals surface area contributed by atoms with Crippen LogP contribution in [0.4, 0.5) is 29.3 Å². The van der Waals surface area contributed by atoms with Crippen molar-refractivity contribution in [2.45, 2.75) is 45.1 Å². The van der Waals surface area contributed by atoms with Gasteiger partial charge < -0.3 is 19.1 Å². The van der Waals surface area contributed by atoms with Crippen molar-refractivity contribution in [3.63, 3.8) is 0 Å². The average molecular weight is 432 g/mol. The van der Waals surface area contributed by atoms with Gasteiger partial charge in [-0.2, -0.15) is 27.5 Å². The second-order valence-corrected chi connectivity index (χ2v) is 7.34. The number of nitrogens with zero attached hydrogens (tertiary/aromatic N) is 6. The Morgan fingerprint density at radius 3 is 2.63 bits per heavy atom. The Hall–Kier alpha value is -2.70. The van der Waals surface area contributed by atoms with Crippen molar-refractivity contribution < 1.29 is 26.8 Å². The van der Waals surface area contributed by atoms with Gasteiger partial charge in [0, 0.05) is 20.0 Å². The number of ether oxygens (including phenoxy) is 1. The molecule has 0 radical (unpaired) electrons. The van der Waals surface area contributed by atoms with Crippen molar-refractivity contribution in [3.8, 4) is 0 Å². The average Bonchev–Trinajstić information content (AvgIpc) is 3.09.